The van der Waals surface area contributed by atoms with E-state index in [0.29, 0.717) is 40.5 Å². The molecule has 0 fully saturated rings. The van der Waals surface area contributed by atoms with Crippen LogP contribution < -0.4 is 20.1 Å². The van der Waals surface area contributed by atoms with Gasteiger partial charge >= 0.3 is 6.03 Å². The summed E-state index contributed by atoms with van der Waals surface area (Å²) < 4.78 is 10.5. The third kappa shape index (κ3) is 3.24. The van der Waals surface area contributed by atoms with Crippen LogP contribution in [-0.2, 0) is 0 Å². The van der Waals surface area contributed by atoms with E-state index in [2.05, 4.69) is 10.6 Å². The summed E-state index contributed by atoms with van der Waals surface area (Å²) in [6.45, 7) is 4.40. The maximum atomic E-state index is 12.5. The van der Waals surface area contributed by atoms with Gasteiger partial charge in [0.05, 0.1) is 11.1 Å². The highest BCUT2D eigenvalue weighted by Gasteiger charge is 2.35. The number of rotatable bonds is 4. The number of fused-ring (bicyclic) bond motifs is 2. The fraction of sp³-hybridized carbons (Fsp3) is 0.250. The molecule has 2 heterocycles. The van der Waals surface area contributed by atoms with Crippen molar-refractivity contribution in [1.29, 1.82) is 0 Å². The standard InChI is InChI=1S/C20H19N3O5/c1-11(2)9-23-18(24)14-5-3-12(7-15(14)19(23)25)21-20(26)22-13-4-6-16-17(8-13)28-10-27-16/h3-8,11H,9-10H2,1-2H3,(H2,21,22,26). The van der Waals surface area contributed by atoms with Gasteiger partial charge in [-0.1, -0.05) is 13.8 Å². The van der Waals surface area contributed by atoms with Crippen LogP contribution in [0.5, 0.6) is 11.5 Å². The van der Waals surface area contributed by atoms with Gasteiger partial charge < -0.3 is 20.1 Å². The number of imide groups is 1. The Bertz CT molecular complexity index is 986. The zero-order valence-corrected chi connectivity index (χ0v) is 15.4. The number of urea groups is 1. The maximum Gasteiger partial charge on any atom is 0.323 e. The second kappa shape index (κ2) is 6.88. The lowest BCUT2D eigenvalue weighted by Crippen LogP contribution is -2.33. The lowest BCUT2D eigenvalue weighted by Gasteiger charge is -2.15. The predicted octanol–water partition coefficient (Wildman–Crippen LogP) is 3.31. The van der Waals surface area contributed by atoms with Gasteiger partial charge in [-0.05, 0) is 36.2 Å². The molecule has 0 aromatic heterocycles. The number of hydrogen-bond acceptors (Lipinski definition) is 5. The Labute approximate surface area is 161 Å². The quantitative estimate of drug-likeness (QED) is 0.792. The van der Waals surface area contributed by atoms with Crippen molar-refractivity contribution in [1.82, 2.24) is 4.90 Å². The monoisotopic (exact) mass is 381 g/mol. The Morgan fingerprint density at radius 3 is 2.36 bits per heavy atom. The van der Waals surface area contributed by atoms with Gasteiger partial charge in [-0.2, -0.15) is 0 Å². The highest BCUT2D eigenvalue weighted by Crippen LogP contribution is 2.34. The molecule has 0 radical (unpaired) electrons. The molecule has 4 rings (SSSR count). The zero-order chi connectivity index (χ0) is 19.8. The first-order chi connectivity index (χ1) is 13.4. The summed E-state index contributed by atoms with van der Waals surface area (Å²) in [6.07, 6.45) is 0. The normalized spacial score (nSPS) is 14.5. The van der Waals surface area contributed by atoms with E-state index in [1.165, 1.54) is 11.0 Å². The van der Waals surface area contributed by atoms with Crippen molar-refractivity contribution in [3.05, 3.63) is 47.5 Å². The Balaban J connectivity index is 1.47. The van der Waals surface area contributed by atoms with Gasteiger partial charge in [0, 0.05) is 24.0 Å². The minimum atomic E-state index is -0.477. The van der Waals surface area contributed by atoms with E-state index >= 15 is 0 Å². The molecule has 0 saturated carbocycles. The van der Waals surface area contributed by atoms with Crippen molar-refractivity contribution in [2.75, 3.05) is 24.0 Å². The highest BCUT2D eigenvalue weighted by atomic mass is 16.7. The average molecular weight is 381 g/mol. The Kier molecular flexibility index (Phi) is 4.38. The Morgan fingerprint density at radius 1 is 0.964 bits per heavy atom. The lowest BCUT2D eigenvalue weighted by atomic mass is 10.1. The van der Waals surface area contributed by atoms with Crippen LogP contribution in [-0.4, -0.2) is 36.1 Å². The molecule has 0 bridgehead atoms. The molecule has 0 atom stereocenters. The van der Waals surface area contributed by atoms with Crippen LogP contribution in [0.25, 0.3) is 0 Å². The van der Waals surface area contributed by atoms with Crippen molar-refractivity contribution < 1.29 is 23.9 Å². The fourth-order valence-corrected chi connectivity index (χ4v) is 3.17. The number of hydrogen-bond donors (Lipinski definition) is 2. The van der Waals surface area contributed by atoms with Gasteiger partial charge in [0.15, 0.2) is 11.5 Å². The molecular formula is C20H19N3O5. The molecule has 4 amide bonds. The number of nitrogens with zero attached hydrogens (tertiary/aromatic N) is 1. The number of amides is 4. The first-order valence-electron chi connectivity index (χ1n) is 8.90. The molecular weight excluding hydrogens is 362 g/mol. The molecule has 0 unspecified atom stereocenters. The summed E-state index contributed by atoms with van der Waals surface area (Å²) in [5.41, 5.74) is 1.61. The number of carbonyl (C=O) groups excluding carboxylic acids is 3. The third-order valence-electron chi connectivity index (χ3n) is 4.41. The molecule has 2 N–H and O–H groups in total. The van der Waals surface area contributed by atoms with E-state index in [1.54, 1.807) is 30.3 Å². The number of ether oxygens (including phenoxy) is 2. The van der Waals surface area contributed by atoms with E-state index < -0.39 is 6.03 Å². The maximum absolute atomic E-state index is 12.5. The molecule has 8 heteroatoms. The Hall–Kier alpha value is -3.55. The minimum Gasteiger partial charge on any atom is -0.454 e. The predicted molar refractivity (Wildman–Crippen MR) is 102 cm³/mol. The summed E-state index contributed by atoms with van der Waals surface area (Å²) in [5, 5.41) is 5.37. The highest BCUT2D eigenvalue weighted by molar-refractivity contribution is 6.22. The number of carbonyl (C=O) groups is 3. The molecule has 0 saturated heterocycles. The average Bonchev–Trinajstić information content (AvgIpc) is 3.20. The molecule has 0 spiro atoms. The number of anilines is 2. The van der Waals surface area contributed by atoms with E-state index in [1.807, 2.05) is 13.8 Å². The summed E-state index contributed by atoms with van der Waals surface area (Å²) in [4.78, 5) is 38.4. The van der Waals surface area contributed by atoms with Gasteiger partial charge in [0.25, 0.3) is 11.8 Å². The third-order valence-corrected chi connectivity index (χ3v) is 4.41. The van der Waals surface area contributed by atoms with Crippen LogP contribution in [0.4, 0.5) is 16.2 Å². The second-order valence-electron chi connectivity index (χ2n) is 7.02. The van der Waals surface area contributed by atoms with Gasteiger partial charge in [-0.3, -0.25) is 14.5 Å². The number of nitrogens with one attached hydrogen (secondary N) is 2. The first kappa shape index (κ1) is 17.8. The Morgan fingerprint density at radius 2 is 1.61 bits per heavy atom. The van der Waals surface area contributed by atoms with E-state index in [0.717, 1.165) is 0 Å². The van der Waals surface area contributed by atoms with Crippen LogP contribution in [0.3, 0.4) is 0 Å². The van der Waals surface area contributed by atoms with Crippen molar-refractivity contribution >= 4 is 29.2 Å². The van der Waals surface area contributed by atoms with Crippen molar-refractivity contribution in [2.45, 2.75) is 13.8 Å². The van der Waals surface area contributed by atoms with Crippen LogP contribution in [0, 0.1) is 5.92 Å². The number of benzene rings is 2. The smallest absolute Gasteiger partial charge is 0.323 e. The van der Waals surface area contributed by atoms with Crippen LogP contribution >= 0.6 is 0 Å². The van der Waals surface area contributed by atoms with Crippen LogP contribution in [0.15, 0.2) is 36.4 Å². The molecule has 2 aliphatic heterocycles. The molecule has 28 heavy (non-hydrogen) atoms. The fourth-order valence-electron chi connectivity index (χ4n) is 3.17. The molecule has 2 aromatic rings. The van der Waals surface area contributed by atoms with Gasteiger partial charge in [0.2, 0.25) is 6.79 Å². The summed E-state index contributed by atoms with van der Waals surface area (Å²) in [7, 11) is 0. The SMILES string of the molecule is CC(C)CN1C(=O)c2ccc(NC(=O)Nc3ccc4c(c3)OCO4)cc2C1=O. The van der Waals surface area contributed by atoms with Crippen molar-refractivity contribution in [3.8, 4) is 11.5 Å². The second-order valence-corrected chi connectivity index (χ2v) is 7.02. The molecule has 2 aromatic carbocycles. The summed E-state index contributed by atoms with van der Waals surface area (Å²) in [5.74, 6) is 0.717. The molecule has 8 nitrogen and oxygen atoms in total. The van der Waals surface area contributed by atoms with E-state index in [-0.39, 0.29) is 24.5 Å². The van der Waals surface area contributed by atoms with Gasteiger partial charge in [-0.15, -0.1) is 0 Å². The molecule has 0 aliphatic carbocycles. The molecule has 2 aliphatic rings. The van der Waals surface area contributed by atoms with Gasteiger partial charge in [0.1, 0.15) is 0 Å². The molecule has 144 valence electrons. The van der Waals surface area contributed by atoms with E-state index in [9.17, 15) is 14.4 Å². The lowest BCUT2D eigenvalue weighted by molar-refractivity contribution is 0.0636. The van der Waals surface area contributed by atoms with Crippen LogP contribution in [0.1, 0.15) is 34.6 Å². The minimum absolute atomic E-state index is 0.153. The first-order valence-corrected chi connectivity index (χ1v) is 8.90. The van der Waals surface area contributed by atoms with Crippen molar-refractivity contribution in [3.63, 3.8) is 0 Å². The summed E-state index contributed by atoms with van der Waals surface area (Å²) >= 11 is 0. The topological polar surface area (TPSA) is 97.0 Å². The van der Waals surface area contributed by atoms with Gasteiger partial charge in [-0.25, -0.2) is 4.79 Å². The van der Waals surface area contributed by atoms with Crippen LogP contribution in [0.2, 0.25) is 0 Å². The zero-order valence-electron chi connectivity index (χ0n) is 15.4. The van der Waals surface area contributed by atoms with E-state index in [4.69, 9.17) is 9.47 Å². The summed E-state index contributed by atoms with van der Waals surface area (Å²) in [6, 6.07) is 9.28. The van der Waals surface area contributed by atoms with Crippen molar-refractivity contribution in [2.24, 2.45) is 5.92 Å². The largest absolute Gasteiger partial charge is 0.454 e.